The molecule has 4 rings (SSSR count). The van der Waals surface area contributed by atoms with Crippen molar-refractivity contribution >= 4 is 30.2 Å². The first-order valence-electron chi connectivity index (χ1n) is 12.1. The van der Waals surface area contributed by atoms with Crippen LogP contribution in [0.25, 0.3) is 22.0 Å². The van der Waals surface area contributed by atoms with Gasteiger partial charge < -0.3 is 24.5 Å². The van der Waals surface area contributed by atoms with Gasteiger partial charge in [0.2, 0.25) is 0 Å². The first kappa shape index (κ1) is 28.0. The Hall–Kier alpha value is -3.25. The number of aromatic hydroxyl groups is 1. The molecule has 1 aromatic heterocycles. The van der Waals surface area contributed by atoms with E-state index < -0.39 is 0 Å². The number of nitrogens with zero attached hydrogens (tertiary/aromatic N) is 3. The molecule has 1 atom stereocenters. The van der Waals surface area contributed by atoms with Gasteiger partial charge in [-0.2, -0.15) is 0 Å². The maximum absolute atomic E-state index is 9.92. The van der Waals surface area contributed by atoms with E-state index in [1.807, 2.05) is 26.6 Å². The number of phenols is 1. The molecule has 35 heavy (non-hydrogen) atoms. The summed E-state index contributed by atoms with van der Waals surface area (Å²) < 4.78 is 0. The van der Waals surface area contributed by atoms with E-state index in [4.69, 9.17) is 14.6 Å². The molecular weight excluding hydrogens is 438 g/mol. The maximum atomic E-state index is 9.92. The normalized spacial score (nSPS) is 14.6. The van der Waals surface area contributed by atoms with E-state index in [1.165, 1.54) is 35.0 Å². The van der Waals surface area contributed by atoms with Gasteiger partial charge >= 0.3 is 0 Å². The molecule has 1 fully saturated rings. The highest BCUT2D eigenvalue weighted by Gasteiger charge is 2.27. The second-order valence-electron chi connectivity index (χ2n) is 9.25. The van der Waals surface area contributed by atoms with Crippen LogP contribution in [0.4, 0.5) is 5.69 Å². The number of phenolic OH excluding ortho intramolecular Hbond substituents is 1. The fraction of sp³-hybridized carbons (Fsp3) is 0.414. The Bertz CT molecular complexity index is 1110. The minimum atomic E-state index is 0.343. The monoisotopic (exact) mass is 477 g/mol. The Labute approximate surface area is 209 Å². The SMILES string of the molecule is C=O.C=O.CCc1cnc2ccc(-c3ccc(O)c(C)c3)cc2c1N1CCC(C(C)N(C)C)CC1. The number of carbonyl (C=O) groups is 2. The molecule has 0 radical (unpaired) electrons. The van der Waals surface area contributed by atoms with Crippen molar-refractivity contribution in [2.24, 2.45) is 5.92 Å². The molecule has 2 aromatic carbocycles. The molecule has 0 saturated carbocycles. The number of anilines is 1. The molecule has 0 spiro atoms. The van der Waals surface area contributed by atoms with Crippen molar-refractivity contribution in [2.75, 3.05) is 32.1 Å². The number of carbonyl (C=O) groups excluding carboxylic acids is 2. The second kappa shape index (κ2) is 13.0. The molecule has 1 unspecified atom stereocenters. The summed E-state index contributed by atoms with van der Waals surface area (Å²) in [6.07, 6.45) is 5.50. The third kappa shape index (κ3) is 6.25. The predicted octanol–water partition coefficient (Wildman–Crippen LogP) is 5.27. The van der Waals surface area contributed by atoms with Gasteiger partial charge in [0.05, 0.1) is 11.2 Å². The van der Waals surface area contributed by atoms with Crippen LogP contribution in [0.1, 0.15) is 37.8 Å². The number of hydrogen-bond acceptors (Lipinski definition) is 6. The lowest BCUT2D eigenvalue weighted by Gasteiger charge is -2.39. The lowest BCUT2D eigenvalue weighted by Crippen LogP contribution is -2.41. The van der Waals surface area contributed by atoms with E-state index in [0.717, 1.165) is 42.1 Å². The van der Waals surface area contributed by atoms with Crippen LogP contribution in [-0.2, 0) is 16.0 Å². The summed E-state index contributed by atoms with van der Waals surface area (Å²) in [6, 6.07) is 13.0. The quantitative estimate of drug-likeness (QED) is 0.539. The van der Waals surface area contributed by atoms with Crippen LogP contribution in [0.2, 0.25) is 0 Å². The van der Waals surface area contributed by atoms with E-state index in [0.29, 0.717) is 11.8 Å². The first-order chi connectivity index (χ1) is 16.9. The van der Waals surface area contributed by atoms with Gasteiger partial charge in [-0.15, -0.1) is 0 Å². The summed E-state index contributed by atoms with van der Waals surface area (Å²) in [5, 5.41) is 11.2. The highest BCUT2D eigenvalue weighted by molar-refractivity contribution is 5.96. The van der Waals surface area contributed by atoms with Gasteiger partial charge in [0.25, 0.3) is 0 Å². The summed E-state index contributed by atoms with van der Waals surface area (Å²) in [6.45, 7) is 12.7. The van der Waals surface area contributed by atoms with Crippen molar-refractivity contribution in [3.8, 4) is 16.9 Å². The fourth-order valence-electron chi connectivity index (χ4n) is 4.89. The highest BCUT2D eigenvalue weighted by atomic mass is 16.3. The minimum Gasteiger partial charge on any atom is -0.508 e. The number of aromatic nitrogens is 1. The van der Waals surface area contributed by atoms with Gasteiger partial charge in [-0.3, -0.25) is 4.98 Å². The highest BCUT2D eigenvalue weighted by Crippen LogP contribution is 2.36. The molecule has 3 aromatic rings. The zero-order valence-corrected chi connectivity index (χ0v) is 21.8. The Balaban J connectivity index is 0.00000103. The summed E-state index contributed by atoms with van der Waals surface area (Å²) in [5.74, 6) is 1.09. The lowest BCUT2D eigenvalue weighted by molar-refractivity contribution is -0.0987. The largest absolute Gasteiger partial charge is 0.508 e. The predicted molar refractivity (Wildman–Crippen MR) is 145 cm³/mol. The van der Waals surface area contributed by atoms with Crippen LogP contribution < -0.4 is 4.90 Å². The number of aryl methyl sites for hydroxylation is 2. The average molecular weight is 478 g/mol. The van der Waals surface area contributed by atoms with E-state index >= 15 is 0 Å². The van der Waals surface area contributed by atoms with E-state index in [2.05, 4.69) is 68.2 Å². The summed E-state index contributed by atoms with van der Waals surface area (Å²) in [7, 11) is 4.38. The second-order valence-corrected chi connectivity index (χ2v) is 9.25. The van der Waals surface area contributed by atoms with Crippen LogP contribution in [0.15, 0.2) is 42.6 Å². The average Bonchev–Trinajstić information content (AvgIpc) is 2.91. The van der Waals surface area contributed by atoms with Gasteiger partial charge in [0.15, 0.2) is 0 Å². The maximum Gasteiger partial charge on any atom is 0.118 e. The van der Waals surface area contributed by atoms with Crippen molar-refractivity contribution < 1.29 is 14.7 Å². The van der Waals surface area contributed by atoms with Gasteiger partial charge in [-0.25, -0.2) is 0 Å². The molecule has 0 bridgehead atoms. The molecule has 6 heteroatoms. The van der Waals surface area contributed by atoms with E-state index in [9.17, 15) is 5.11 Å². The number of pyridine rings is 1. The number of benzene rings is 2. The summed E-state index contributed by atoms with van der Waals surface area (Å²) in [4.78, 5) is 25.7. The van der Waals surface area contributed by atoms with Crippen LogP contribution in [0.3, 0.4) is 0 Å². The molecule has 1 saturated heterocycles. The summed E-state index contributed by atoms with van der Waals surface area (Å²) >= 11 is 0. The third-order valence-corrected chi connectivity index (χ3v) is 7.18. The molecule has 2 heterocycles. The zero-order chi connectivity index (χ0) is 26.1. The third-order valence-electron chi connectivity index (χ3n) is 7.18. The van der Waals surface area contributed by atoms with Crippen LogP contribution in [-0.4, -0.2) is 61.8 Å². The molecule has 0 aliphatic carbocycles. The Kier molecular flexibility index (Phi) is 10.4. The molecule has 1 aliphatic rings. The van der Waals surface area contributed by atoms with Gasteiger partial charge in [0, 0.05) is 30.7 Å². The van der Waals surface area contributed by atoms with Crippen molar-refractivity contribution in [3.63, 3.8) is 0 Å². The molecule has 1 N–H and O–H groups in total. The Morgan fingerprint density at radius 1 is 1.06 bits per heavy atom. The molecular formula is C29H39N3O3. The first-order valence-corrected chi connectivity index (χ1v) is 12.1. The van der Waals surface area contributed by atoms with Crippen molar-refractivity contribution in [1.82, 2.24) is 9.88 Å². The topological polar surface area (TPSA) is 73.7 Å². The molecule has 188 valence electrons. The van der Waals surface area contributed by atoms with E-state index in [-0.39, 0.29) is 0 Å². The van der Waals surface area contributed by atoms with Crippen molar-refractivity contribution in [2.45, 2.75) is 46.1 Å². The number of rotatable bonds is 5. The molecule has 1 aliphatic heterocycles. The number of piperidine rings is 1. The van der Waals surface area contributed by atoms with Gasteiger partial charge in [0.1, 0.15) is 19.3 Å². The van der Waals surface area contributed by atoms with Crippen LogP contribution >= 0.6 is 0 Å². The van der Waals surface area contributed by atoms with Crippen molar-refractivity contribution in [1.29, 1.82) is 0 Å². The fourth-order valence-corrected chi connectivity index (χ4v) is 4.89. The zero-order valence-electron chi connectivity index (χ0n) is 21.8. The standard InChI is InChI=1S/C27H35N3O.2CH2O/c1-6-20-17-28-25-9-7-23(22-8-10-26(31)18(2)15-22)16-24(25)27(20)30-13-11-21(12-14-30)19(3)29(4)5;2*1-2/h7-10,15-17,19,21,31H,6,11-14H2,1-5H3;2*1H2. The van der Waals surface area contributed by atoms with Crippen LogP contribution in [0, 0.1) is 12.8 Å². The Morgan fingerprint density at radius 3 is 2.23 bits per heavy atom. The smallest absolute Gasteiger partial charge is 0.118 e. The van der Waals surface area contributed by atoms with E-state index in [1.54, 1.807) is 6.07 Å². The van der Waals surface area contributed by atoms with Crippen LogP contribution in [0.5, 0.6) is 5.75 Å². The summed E-state index contributed by atoms with van der Waals surface area (Å²) in [5.41, 5.74) is 6.93. The van der Waals surface area contributed by atoms with Gasteiger partial charge in [-0.1, -0.05) is 19.1 Å². The lowest BCUT2D eigenvalue weighted by atomic mass is 9.89. The molecule has 0 amide bonds. The number of hydrogen-bond donors (Lipinski definition) is 1. The van der Waals surface area contributed by atoms with Gasteiger partial charge in [-0.05, 0) is 99.6 Å². The minimum absolute atomic E-state index is 0.343. The number of fused-ring (bicyclic) bond motifs is 1. The Morgan fingerprint density at radius 2 is 1.66 bits per heavy atom. The molecule has 6 nitrogen and oxygen atoms in total. The van der Waals surface area contributed by atoms with Crippen molar-refractivity contribution in [3.05, 3.63) is 53.7 Å².